The summed E-state index contributed by atoms with van der Waals surface area (Å²) in [6.07, 6.45) is -0.508. The van der Waals surface area contributed by atoms with Crippen LogP contribution in [0.5, 0.6) is 5.75 Å². The second-order valence-corrected chi connectivity index (χ2v) is 3.94. The summed E-state index contributed by atoms with van der Waals surface area (Å²) in [7, 11) is 3.10. The van der Waals surface area contributed by atoms with Crippen LogP contribution in [0.4, 0.5) is 4.79 Å². The van der Waals surface area contributed by atoms with E-state index in [9.17, 15) is 4.79 Å². The van der Waals surface area contributed by atoms with Gasteiger partial charge < -0.3 is 18.9 Å². The van der Waals surface area contributed by atoms with E-state index in [0.29, 0.717) is 12.4 Å². The average molecular weight is 289 g/mol. The lowest BCUT2D eigenvalue weighted by Gasteiger charge is -2.18. The zero-order valence-electron chi connectivity index (χ0n) is 11.1. The number of hydrogen-bond acceptors (Lipinski definition) is 5. The Morgan fingerprint density at radius 3 is 2.53 bits per heavy atom. The van der Waals surface area contributed by atoms with Gasteiger partial charge in [0.05, 0.1) is 6.61 Å². The van der Waals surface area contributed by atoms with E-state index in [0.717, 1.165) is 11.1 Å². The Morgan fingerprint density at radius 2 is 2.00 bits per heavy atom. The minimum absolute atomic E-state index is 0.0906. The highest BCUT2D eigenvalue weighted by molar-refractivity contribution is 6.61. The van der Waals surface area contributed by atoms with Gasteiger partial charge in [-0.25, -0.2) is 4.79 Å². The number of methoxy groups -OCH3 is 2. The Balaban J connectivity index is 2.96. The highest BCUT2D eigenvalue weighted by atomic mass is 35.5. The van der Waals surface area contributed by atoms with E-state index in [1.165, 1.54) is 0 Å². The second kappa shape index (κ2) is 7.99. The maximum atomic E-state index is 10.6. The molecule has 0 fully saturated rings. The van der Waals surface area contributed by atoms with Crippen LogP contribution in [0, 0.1) is 0 Å². The molecule has 0 spiro atoms. The SMILES string of the molecule is CCOc1cc(COC(=O)Cl)ccc1C(OC)OC. The standard InChI is InChI=1S/C13H17ClO5/c1-4-18-11-7-9(8-19-13(14)15)5-6-10(11)12(16-2)17-3/h5-7,12H,4,8H2,1-3H3. The van der Waals surface area contributed by atoms with Gasteiger partial charge in [0.2, 0.25) is 0 Å². The lowest BCUT2D eigenvalue weighted by atomic mass is 10.1. The molecule has 0 amide bonds. The van der Waals surface area contributed by atoms with Crippen LogP contribution in [0.1, 0.15) is 24.3 Å². The molecule has 1 aromatic carbocycles. The van der Waals surface area contributed by atoms with Crippen molar-refractivity contribution in [1.29, 1.82) is 0 Å². The van der Waals surface area contributed by atoms with E-state index in [-0.39, 0.29) is 6.61 Å². The van der Waals surface area contributed by atoms with Crippen molar-refractivity contribution in [3.8, 4) is 5.75 Å². The molecule has 0 radical (unpaired) electrons. The molecule has 0 N–H and O–H groups in total. The molecule has 0 aliphatic heterocycles. The van der Waals surface area contributed by atoms with Crippen molar-refractivity contribution in [1.82, 2.24) is 0 Å². The lowest BCUT2D eigenvalue weighted by Crippen LogP contribution is -2.08. The first-order chi connectivity index (χ1) is 9.12. The quantitative estimate of drug-likeness (QED) is 0.569. The molecule has 0 unspecified atom stereocenters. The van der Waals surface area contributed by atoms with Crippen LogP contribution in [0.25, 0.3) is 0 Å². The van der Waals surface area contributed by atoms with Gasteiger partial charge in [0.25, 0.3) is 0 Å². The van der Waals surface area contributed by atoms with Crippen molar-refractivity contribution in [2.45, 2.75) is 19.8 Å². The van der Waals surface area contributed by atoms with Crippen molar-refractivity contribution in [3.05, 3.63) is 29.3 Å². The molecule has 6 heteroatoms. The van der Waals surface area contributed by atoms with Gasteiger partial charge >= 0.3 is 5.43 Å². The molecule has 0 atom stereocenters. The van der Waals surface area contributed by atoms with E-state index >= 15 is 0 Å². The first-order valence-electron chi connectivity index (χ1n) is 5.75. The van der Waals surface area contributed by atoms with Gasteiger partial charge in [0.15, 0.2) is 6.29 Å². The number of carbonyl (C=O) groups excluding carboxylic acids is 1. The number of hydrogen-bond donors (Lipinski definition) is 0. The molecule has 0 aliphatic rings. The topological polar surface area (TPSA) is 54.0 Å². The monoisotopic (exact) mass is 288 g/mol. The van der Waals surface area contributed by atoms with Crippen molar-refractivity contribution in [2.75, 3.05) is 20.8 Å². The van der Waals surface area contributed by atoms with Crippen LogP contribution in [0.2, 0.25) is 0 Å². The van der Waals surface area contributed by atoms with Crippen LogP contribution in [-0.4, -0.2) is 26.3 Å². The van der Waals surface area contributed by atoms with Gasteiger partial charge in [-0.15, -0.1) is 0 Å². The van der Waals surface area contributed by atoms with E-state index in [2.05, 4.69) is 0 Å². The molecular formula is C13H17ClO5. The van der Waals surface area contributed by atoms with Crippen LogP contribution in [0.15, 0.2) is 18.2 Å². The van der Waals surface area contributed by atoms with Crippen molar-refractivity contribution in [3.63, 3.8) is 0 Å². The van der Waals surface area contributed by atoms with Crippen molar-refractivity contribution in [2.24, 2.45) is 0 Å². The molecule has 0 saturated carbocycles. The molecule has 106 valence electrons. The Hall–Kier alpha value is -1.30. The van der Waals surface area contributed by atoms with E-state index < -0.39 is 11.7 Å². The van der Waals surface area contributed by atoms with Crippen LogP contribution >= 0.6 is 11.6 Å². The fourth-order valence-electron chi connectivity index (χ4n) is 1.63. The summed E-state index contributed by atoms with van der Waals surface area (Å²) >= 11 is 5.12. The normalized spacial score (nSPS) is 10.6. The number of ether oxygens (including phenoxy) is 4. The number of carbonyl (C=O) groups is 1. The summed E-state index contributed by atoms with van der Waals surface area (Å²) in [6.45, 7) is 2.48. The largest absolute Gasteiger partial charge is 0.493 e. The predicted molar refractivity (Wildman–Crippen MR) is 70.4 cm³/mol. The van der Waals surface area contributed by atoms with E-state index in [1.807, 2.05) is 6.92 Å². The van der Waals surface area contributed by atoms with Crippen LogP contribution in [-0.2, 0) is 20.8 Å². The Bertz CT molecular complexity index is 417. The fraction of sp³-hybridized carbons (Fsp3) is 0.462. The smallest absolute Gasteiger partial charge is 0.404 e. The molecule has 0 saturated heterocycles. The molecule has 1 aromatic rings. The molecule has 0 aliphatic carbocycles. The Kier molecular flexibility index (Phi) is 6.62. The van der Waals surface area contributed by atoms with E-state index in [1.54, 1.807) is 32.4 Å². The Labute approximate surface area is 117 Å². The van der Waals surface area contributed by atoms with Gasteiger partial charge in [-0.1, -0.05) is 6.07 Å². The van der Waals surface area contributed by atoms with Gasteiger partial charge in [0, 0.05) is 31.4 Å². The van der Waals surface area contributed by atoms with E-state index in [4.69, 9.17) is 30.5 Å². The maximum absolute atomic E-state index is 10.6. The Morgan fingerprint density at radius 1 is 1.32 bits per heavy atom. The van der Waals surface area contributed by atoms with Gasteiger partial charge in [-0.05, 0) is 24.6 Å². The predicted octanol–water partition coefficient (Wildman–Crippen LogP) is 3.25. The molecule has 0 bridgehead atoms. The minimum Gasteiger partial charge on any atom is -0.493 e. The summed E-state index contributed by atoms with van der Waals surface area (Å²) in [5.74, 6) is 0.624. The van der Waals surface area contributed by atoms with Crippen molar-refractivity contribution < 1.29 is 23.7 Å². The summed E-state index contributed by atoms with van der Waals surface area (Å²) in [5, 5.41) is 0. The summed E-state index contributed by atoms with van der Waals surface area (Å²) in [5.41, 5.74) is 0.702. The molecule has 0 aromatic heterocycles. The number of benzene rings is 1. The molecule has 19 heavy (non-hydrogen) atoms. The lowest BCUT2D eigenvalue weighted by molar-refractivity contribution is -0.107. The number of halogens is 1. The van der Waals surface area contributed by atoms with Gasteiger partial charge in [0.1, 0.15) is 12.4 Å². The van der Waals surface area contributed by atoms with Crippen LogP contribution in [0.3, 0.4) is 0 Å². The summed E-state index contributed by atoms with van der Waals surface area (Å²) in [4.78, 5) is 10.6. The summed E-state index contributed by atoms with van der Waals surface area (Å²) in [6, 6.07) is 5.37. The van der Waals surface area contributed by atoms with Crippen molar-refractivity contribution >= 4 is 17.0 Å². The zero-order valence-corrected chi connectivity index (χ0v) is 11.9. The molecule has 5 nitrogen and oxygen atoms in total. The average Bonchev–Trinajstić information content (AvgIpc) is 2.40. The van der Waals surface area contributed by atoms with Gasteiger partial charge in [-0.2, -0.15) is 0 Å². The molecule has 1 rings (SSSR count). The second-order valence-electron chi connectivity index (χ2n) is 3.63. The third-order valence-corrected chi connectivity index (χ3v) is 2.52. The third kappa shape index (κ3) is 4.70. The first-order valence-corrected chi connectivity index (χ1v) is 6.13. The van der Waals surface area contributed by atoms with Gasteiger partial charge in [-0.3, -0.25) is 0 Å². The first kappa shape index (κ1) is 15.8. The molecular weight excluding hydrogens is 272 g/mol. The summed E-state index contributed by atoms with van der Waals surface area (Å²) < 4.78 is 20.7. The minimum atomic E-state index is -0.839. The highest BCUT2D eigenvalue weighted by Gasteiger charge is 2.16. The fourth-order valence-corrected chi connectivity index (χ4v) is 1.69. The third-order valence-electron chi connectivity index (χ3n) is 2.41. The maximum Gasteiger partial charge on any atom is 0.404 e. The highest BCUT2D eigenvalue weighted by Crippen LogP contribution is 2.29. The number of rotatable bonds is 7. The van der Waals surface area contributed by atoms with Crippen LogP contribution < -0.4 is 4.74 Å². The molecule has 0 heterocycles. The zero-order chi connectivity index (χ0) is 14.3.